The molecule has 0 radical (unpaired) electrons. The minimum atomic E-state index is -1.59. The Balaban J connectivity index is 1.73. The minimum absolute atomic E-state index is 0.00152. The van der Waals surface area contributed by atoms with Crippen LogP contribution in [-0.2, 0) is 0 Å². The average Bonchev–Trinajstić information content (AvgIpc) is 3.34. The first kappa shape index (κ1) is 21.8. The zero-order chi connectivity index (χ0) is 23.0. The Hall–Kier alpha value is -3.38. The number of carbonyl (C=O) groups excluding carboxylic acids is 3. The van der Waals surface area contributed by atoms with Crippen LogP contribution in [0.2, 0.25) is 0 Å². The van der Waals surface area contributed by atoms with Crippen molar-refractivity contribution in [2.45, 2.75) is 0 Å². The number of nitrogens with two attached hydrogens (primary N) is 1. The van der Waals surface area contributed by atoms with Gasteiger partial charge in [0, 0.05) is 22.2 Å². The van der Waals surface area contributed by atoms with Crippen molar-refractivity contribution in [2.75, 3.05) is 12.4 Å². The quantitative estimate of drug-likeness (QED) is 0.186. The van der Waals surface area contributed by atoms with Crippen molar-refractivity contribution in [3.05, 3.63) is 75.6 Å². The highest BCUT2D eigenvalue weighted by Gasteiger charge is 2.34. The Bertz CT molecular complexity index is 1350. The lowest BCUT2D eigenvalue weighted by atomic mass is 10.2. The molecule has 162 valence electrons. The fraction of sp³-hybridized carbons (Fsp3) is 0.0476. The molecule has 2 aromatic carbocycles. The number of thiophene rings is 1. The second-order valence-electron chi connectivity index (χ2n) is 7.03. The van der Waals surface area contributed by atoms with Gasteiger partial charge in [0.15, 0.2) is 17.6 Å². The van der Waals surface area contributed by atoms with E-state index in [1.807, 2.05) is 6.07 Å². The lowest BCUT2D eigenvalue weighted by molar-refractivity contribution is -0.251. The maximum atomic E-state index is 13.2. The van der Waals surface area contributed by atoms with Crippen LogP contribution in [0.1, 0.15) is 20.0 Å². The average molecular weight is 514 g/mol. The van der Waals surface area contributed by atoms with Gasteiger partial charge in [-0.2, -0.15) is 10.4 Å². The summed E-state index contributed by atoms with van der Waals surface area (Å²) in [5.41, 5.74) is 0.909. The van der Waals surface area contributed by atoms with Gasteiger partial charge in [-0.15, -0.1) is 16.4 Å². The van der Waals surface area contributed by atoms with Crippen molar-refractivity contribution < 1.29 is 19.5 Å². The first-order valence-electron chi connectivity index (χ1n) is 9.25. The first-order chi connectivity index (χ1) is 15.2. The lowest BCUT2D eigenvalue weighted by Gasteiger charge is -2.23. The number of nitrogens with one attached hydrogen (secondary N) is 1. The second kappa shape index (κ2) is 8.28. The van der Waals surface area contributed by atoms with Crippen molar-refractivity contribution in [1.82, 2.24) is 14.4 Å². The molecule has 2 aromatic heterocycles. The third-order valence-electron chi connectivity index (χ3n) is 4.80. The van der Waals surface area contributed by atoms with E-state index < -0.39 is 22.5 Å². The van der Waals surface area contributed by atoms with Crippen LogP contribution in [-0.4, -0.2) is 34.7 Å². The SMILES string of the molecule is C[N+](N)(C(=O)c1cc2c(NC(=O)c3ccc(Br)cc3)nn(C(=O)[O-])c2s1)c1ccccc1. The summed E-state index contributed by atoms with van der Waals surface area (Å²) >= 11 is 4.20. The molecule has 4 rings (SSSR count). The number of carbonyl (C=O) groups is 3. The van der Waals surface area contributed by atoms with Gasteiger partial charge in [-0.3, -0.25) is 4.79 Å². The van der Waals surface area contributed by atoms with E-state index in [1.165, 1.54) is 13.1 Å². The van der Waals surface area contributed by atoms with Gasteiger partial charge < -0.3 is 15.2 Å². The molecule has 0 fully saturated rings. The number of para-hydroxylation sites is 1. The smallest absolute Gasteiger partial charge is 0.379 e. The molecule has 1 atom stereocenters. The number of aromatic nitrogens is 2. The number of carboxylic acid groups (broad SMARTS) is 1. The molecule has 2 heterocycles. The molecule has 32 heavy (non-hydrogen) atoms. The standard InChI is InChI=1S/C21H16BrN5O4S/c1-27(23,14-5-3-2-4-6-14)20(29)16-11-15-17(25-26(21(30)31)19(15)32-16)24-18(28)12-7-9-13(22)10-8-12/h2-11H,23H2,1H3,(H-,24,25,28,30,31). The topological polar surface area (TPSA) is 130 Å². The predicted octanol–water partition coefficient (Wildman–Crippen LogP) is 2.96. The third-order valence-corrected chi connectivity index (χ3v) is 6.42. The van der Waals surface area contributed by atoms with Gasteiger partial charge in [-0.1, -0.05) is 34.1 Å². The Labute approximate surface area is 194 Å². The number of nitrogens with zero attached hydrogens (tertiary/aromatic N) is 3. The Kier molecular flexibility index (Phi) is 5.65. The molecule has 3 N–H and O–H groups in total. The molecule has 2 amide bonds. The van der Waals surface area contributed by atoms with Gasteiger partial charge in [0.05, 0.1) is 12.4 Å². The van der Waals surface area contributed by atoms with Gasteiger partial charge in [0.2, 0.25) is 0 Å². The van der Waals surface area contributed by atoms with Crippen LogP contribution >= 0.6 is 27.3 Å². The molecular formula is C21H16BrN5O4S. The zero-order valence-corrected chi connectivity index (χ0v) is 19.0. The number of rotatable bonds is 4. The van der Waals surface area contributed by atoms with Crippen molar-refractivity contribution in [2.24, 2.45) is 5.84 Å². The number of halogens is 1. The fourth-order valence-electron chi connectivity index (χ4n) is 3.09. The monoisotopic (exact) mass is 513 g/mol. The predicted molar refractivity (Wildman–Crippen MR) is 123 cm³/mol. The number of quaternary nitrogens is 1. The van der Waals surface area contributed by atoms with Crippen LogP contribution in [0.25, 0.3) is 10.2 Å². The van der Waals surface area contributed by atoms with Gasteiger partial charge >= 0.3 is 5.91 Å². The van der Waals surface area contributed by atoms with Crippen LogP contribution in [0.15, 0.2) is 65.1 Å². The van der Waals surface area contributed by atoms with Gasteiger partial charge in [0.1, 0.15) is 9.71 Å². The Morgan fingerprint density at radius 3 is 2.41 bits per heavy atom. The summed E-state index contributed by atoms with van der Waals surface area (Å²) in [5, 5.41) is 18.4. The molecule has 4 aromatic rings. The number of benzene rings is 2. The van der Waals surface area contributed by atoms with E-state index >= 15 is 0 Å². The summed E-state index contributed by atoms with van der Waals surface area (Å²) in [5.74, 6) is 5.34. The number of amides is 2. The minimum Gasteiger partial charge on any atom is -0.528 e. The molecule has 0 aliphatic carbocycles. The summed E-state index contributed by atoms with van der Waals surface area (Å²) in [6, 6.07) is 16.9. The molecule has 0 saturated heterocycles. The van der Waals surface area contributed by atoms with Crippen LogP contribution < -0.4 is 20.9 Å². The van der Waals surface area contributed by atoms with Crippen LogP contribution in [0.3, 0.4) is 0 Å². The van der Waals surface area contributed by atoms with E-state index in [4.69, 9.17) is 5.84 Å². The zero-order valence-electron chi connectivity index (χ0n) is 16.6. The first-order valence-corrected chi connectivity index (χ1v) is 10.9. The normalized spacial score (nSPS) is 13.0. The highest BCUT2D eigenvalue weighted by molar-refractivity contribution is 9.10. The Morgan fingerprint density at radius 2 is 1.78 bits per heavy atom. The lowest BCUT2D eigenvalue weighted by Crippen LogP contribution is -2.56. The number of hydrogen-bond acceptors (Lipinski definition) is 7. The summed E-state index contributed by atoms with van der Waals surface area (Å²) in [6.45, 7) is 0. The molecular weight excluding hydrogens is 498 g/mol. The van der Waals surface area contributed by atoms with E-state index in [1.54, 1.807) is 48.5 Å². The molecule has 1 unspecified atom stereocenters. The van der Waals surface area contributed by atoms with Crippen molar-refractivity contribution in [1.29, 1.82) is 0 Å². The molecule has 9 nitrogen and oxygen atoms in total. The highest BCUT2D eigenvalue weighted by atomic mass is 79.9. The molecule has 11 heteroatoms. The number of hydrogen-bond donors (Lipinski definition) is 2. The molecule has 0 aliphatic rings. The van der Waals surface area contributed by atoms with E-state index in [-0.39, 0.29) is 15.5 Å². The van der Waals surface area contributed by atoms with Gasteiger partial charge in [-0.05, 0) is 30.3 Å². The number of anilines is 1. The molecule has 0 bridgehead atoms. The van der Waals surface area contributed by atoms with Crippen molar-refractivity contribution in [3.63, 3.8) is 0 Å². The van der Waals surface area contributed by atoms with E-state index in [0.29, 0.717) is 21.3 Å². The maximum Gasteiger partial charge on any atom is 0.379 e. The summed E-state index contributed by atoms with van der Waals surface area (Å²) in [6.07, 6.45) is -1.59. The summed E-state index contributed by atoms with van der Waals surface area (Å²) in [7, 11) is 1.53. The van der Waals surface area contributed by atoms with E-state index in [9.17, 15) is 19.5 Å². The maximum absolute atomic E-state index is 13.2. The summed E-state index contributed by atoms with van der Waals surface area (Å²) in [4.78, 5) is 37.7. The van der Waals surface area contributed by atoms with Crippen LogP contribution in [0.5, 0.6) is 0 Å². The van der Waals surface area contributed by atoms with Crippen molar-refractivity contribution >= 4 is 66.9 Å². The molecule has 0 saturated carbocycles. The van der Waals surface area contributed by atoms with Crippen molar-refractivity contribution in [3.8, 4) is 0 Å². The van der Waals surface area contributed by atoms with E-state index in [2.05, 4.69) is 26.3 Å². The molecule has 0 aliphatic heterocycles. The summed E-state index contributed by atoms with van der Waals surface area (Å²) < 4.78 is 0.862. The van der Waals surface area contributed by atoms with Crippen LogP contribution in [0.4, 0.5) is 16.3 Å². The second-order valence-corrected chi connectivity index (χ2v) is 8.98. The molecule has 0 spiro atoms. The largest absolute Gasteiger partial charge is 0.528 e. The van der Waals surface area contributed by atoms with Gasteiger partial charge in [0.25, 0.3) is 5.91 Å². The number of fused-ring (bicyclic) bond motifs is 1. The van der Waals surface area contributed by atoms with E-state index in [0.717, 1.165) is 15.8 Å². The fourth-order valence-corrected chi connectivity index (χ4v) is 4.49. The third kappa shape index (κ3) is 3.94. The highest BCUT2D eigenvalue weighted by Crippen LogP contribution is 2.33. The van der Waals surface area contributed by atoms with Gasteiger partial charge in [-0.25, -0.2) is 9.48 Å². The Morgan fingerprint density at radius 1 is 1.12 bits per heavy atom. The van der Waals surface area contributed by atoms with Crippen LogP contribution in [0, 0.1) is 0 Å².